The van der Waals surface area contributed by atoms with E-state index in [1.54, 1.807) is 0 Å². The molecule has 3 heterocycles. The van der Waals surface area contributed by atoms with Gasteiger partial charge in [0.15, 0.2) is 0 Å². The summed E-state index contributed by atoms with van der Waals surface area (Å²) in [4.78, 5) is 3.53. The van der Waals surface area contributed by atoms with Crippen molar-refractivity contribution in [2.75, 3.05) is 0 Å². The quantitative estimate of drug-likeness (QED) is 0.282. The Kier molecular flexibility index (Phi) is 3.66. The second-order valence-corrected chi connectivity index (χ2v) is 9.14. The number of fused-ring (bicyclic) bond motifs is 7. The number of nitrogens with one attached hydrogen (secondary N) is 1. The number of H-pyrrole nitrogens is 1. The van der Waals surface area contributed by atoms with E-state index in [0.29, 0.717) is 0 Å². The van der Waals surface area contributed by atoms with Crippen LogP contribution in [0.3, 0.4) is 0 Å². The Hall–Kier alpha value is -4.76. The van der Waals surface area contributed by atoms with Crippen molar-refractivity contribution >= 4 is 54.6 Å². The van der Waals surface area contributed by atoms with Crippen LogP contribution in [-0.4, -0.2) is 9.55 Å². The molecule has 0 saturated carbocycles. The zero-order chi connectivity index (χ0) is 22.9. The number of aromatic nitrogens is 2. The normalized spacial score (nSPS) is 12.0. The Balaban J connectivity index is 1.37. The van der Waals surface area contributed by atoms with E-state index in [1.165, 1.54) is 38.2 Å². The number of hydrogen-bond acceptors (Lipinski definition) is 1. The third-order valence-corrected chi connectivity index (χ3v) is 7.14. The molecule has 3 heteroatoms. The molecule has 0 fully saturated rings. The van der Waals surface area contributed by atoms with Crippen molar-refractivity contribution in [2.24, 2.45) is 0 Å². The van der Waals surface area contributed by atoms with Gasteiger partial charge < -0.3 is 9.40 Å². The molecule has 1 N–H and O–H groups in total. The molecule has 0 aliphatic carbocycles. The SMILES string of the molecule is c1ccc2oc(-n3c4ccccc4c4cc(-c5ccc6[nH]c7ccccc7c6c5)ccc43)cc2c1. The first-order valence-electron chi connectivity index (χ1n) is 11.9. The molecule has 0 aliphatic heterocycles. The van der Waals surface area contributed by atoms with Gasteiger partial charge in [0.1, 0.15) is 5.58 Å². The fourth-order valence-corrected chi connectivity index (χ4v) is 5.50. The fraction of sp³-hybridized carbons (Fsp3) is 0. The number of nitrogens with zero attached hydrogens (tertiary/aromatic N) is 1. The zero-order valence-corrected chi connectivity index (χ0v) is 18.8. The van der Waals surface area contributed by atoms with E-state index < -0.39 is 0 Å². The molecule has 3 nitrogen and oxygen atoms in total. The largest absolute Gasteiger partial charge is 0.440 e. The molecule has 164 valence electrons. The van der Waals surface area contributed by atoms with Gasteiger partial charge in [-0.05, 0) is 53.6 Å². The van der Waals surface area contributed by atoms with Crippen LogP contribution >= 0.6 is 0 Å². The van der Waals surface area contributed by atoms with E-state index in [9.17, 15) is 0 Å². The van der Waals surface area contributed by atoms with Gasteiger partial charge in [-0.3, -0.25) is 4.57 Å². The lowest BCUT2D eigenvalue weighted by atomic mass is 10.0. The van der Waals surface area contributed by atoms with Gasteiger partial charge >= 0.3 is 0 Å². The summed E-state index contributed by atoms with van der Waals surface area (Å²) in [5, 5.41) is 6.06. The van der Waals surface area contributed by atoms with Crippen LogP contribution in [0, 0.1) is 0 Å². The standard InChI is InChI=1S/C32H20N2O/c1-6-12-31-22(7-1)19-32(35-31)34-29-11-5-3-9-24(29)26-18-21(14-16-30(26)34)20-13-15-28-25(17-20)23-8-2-4-10-27(23)33-28/h1-19,33H. The lowest BCUT2D eigenvalue weighted by molar-refractivity contribution is 0.590. The van der Waals surface area contributed by atoms with Gasteiger partial charge in [-0.15, -0.1) is 0 Å². The van der Waals surface area contributed by atoms with E-state index in [2.05, 4.69) is 107 Å². The number of benzene rings is 5. The first kappa shape index (κ1) is 18.6. The van der Waals surface area contributed by atoms with Gasteiger partial charge in [0.05, 0.1) is 11.0 Å². The molecule has 0 radical (unpaired) electrons. The van der Waals surface area contributed by atoms with Crippen LogP contribution in [0.25, 0.3) is 71.6 Å². The lowest BCUT2D eigenvalue weighted by Gasteiger charge is -2.06. The van der Waals surface area contributed by atoms with E-state index in [-0.39, 0.29) is 0 Å². The predicted molar refractivity (Wildman–Crippen MR) is 145 cm³/mol. The van der Waals surface area contributed by atoms with Crippen LogP contribution in [0.5, 0.6) is 0 Å². The molecule has 35 heavy (non-hydrogen) atoms. The Morgan fingerprint density at radius 1 is 0.514 bits per heavy atom. The monoisotopic (exact) mass is 448 g/mol. The zero-order valence-electron chi connectivity index (χ0n) is 18.8. The maximum Gasteiger partial charge on any atom is 0.205 e. The molecule has 0 atom stereocenters. The van der Waals surface area contributed by atoms with Crippen molar-refractivity contribution in [1.82, 2.24) is 9.55 Å². The highest BCUT2D eigenvalue weighted by Crippen LogP contribution is 2.37. The Bertz CT molecular complexity index is 2040. The fourth-order valence-electron chi connectivity index (χ4n) is 5.50. The topological polar surface area (TPSA) is 33.9 Å². The Labute approximate surface area is 200 Å². The molecule has 0 spiro atoms. The van der Waals surface area contributed by atoms with Crippen molar-refractivity contribution in [3.8, 4) is 17.0 Å². The third kappa shape index (κ3) is 2.66. The van der Waals surface area contributed by atoms with Crippen molar-refractivity contribution in [3.05, 3.63) is 115 Å². The number of hydrogen-bond donors (Lipinski definition) is 1. The molecular weight excluding hydrogens is 428 g/mol. The summed E-state index contributed by atoms with van der Waals surface area (Å²) in [5.41, 5.74) is 7.94. The van der Waals surface area contributed by atoms with Crippen LogP contribution in [0.15, 0.2) is 120 Å². The minimum Gasteiger partial charge on any atom is -0.440 e. The Morgan fingerprint density at radius 3 is 2.11 bits per heavy atom. The summed E-state index contributed by atoms with van der Waals surface area (Å²) in [5.74, 6) is 0.838. The number of para-hydroxylation sites is 3. The number of furan rings is 1. The van der Waals surface area contributed by atoms with Gasteiger partial charge in [0, 0.05) is 44.0 Å². The molecule has 0 bridgehead atoms. The smallest absolute Gasteiger partial charge is 0.205 e. The summed E-state index contributed by atoms with van der Waals surface area (Å²) < 4.78 is 8.52. The molecule has 0 aliphatic rings. The van der Waals surface area contributed by atoms with Crippen LogP contribution < -0.4 is 0 Å². The highest BCUT2D eigenvalue weighted by molar-refractivity contribution is 6.11. The maximum atomic E-state index is 6.28. The summed E-state index contributed by atoms with van der Waals surface area (Å²) in [6, 6.07) is 40.8. The molecular formula is C32H20N2O. The van der Waals surface area contributed by atoms with Gasteiger partial charge in [0.2, 0.25) is 5.88 Å². The average molecular weight is 449 g/mol. The second-order valence-electron chi connectivity index (χ2n) is 9.14. The molecule has 0 amide bonds. The van der Waals surface area contributed by atoms with Gasteiger partial charge in [0.25, 0.3) is 0 Å². The number of rotatable bonds is 2. The molecule has 0 unspecified atom stereocenters. The lowest BCUT2D eigenvalue weighted by Crippen LogP contribution is -1.91. The molecule has 8 aromatic rings. The first-order valence-corrected chi connectivity index (χ1v) is 11.9. The first-order chi connectivity index (χ1) is 17.3. The predicted octanol–water partition coefficient (Wildman–Crippen LogP) is 8.83. The average Bonchev–Trinajstić information content (AvgIpc) is 3.59. The van der Waals surface area contributed by atoms with Gasteiger partial charge in [-0.25, -0.2) is 0 Å². The van der Waals surface area contributed by atoms with Crippen molar-refractivity contribution in [1.29, 1.82) is 0 Å². The van der Waals surface area contributed by atoms with Crippen LogP contribution in [-0.2, 0) is 0 Å². The summed E-state index contributed by atoms with van der Waals surface area (Å²) in [6.07, 6.45) is 0. The van der Waals surface area contributed by atoms with Crippen LogP contribution in [0.1, 0.15) is 0 Å². The molecule has 5 aromatic carbocycles. The number of aromatic amines is 1. The van der Waals surface area contributed by atoms with E-state index in [4.69, 9.17) is 4.42 Å². The van der Waals surface area contributed by atoms with Crippen molar-refractivity contribution < 1.29 is 4.42 Å². The van der Waals surface area contributed by atoms with Crippen LogP contribution in [0.4, 0.5) is 0 Å². The van der Waals surface area contributed by atoms with E-state index in [1.807, 2.05) is 18.2 Å². The van der Waals surface area contributed by atoms with E-state index >= 15 is 0 Å². The third-order valence-electron chi connectivity index (χ3n) is 7.14. The minimum atomic E-state index is 0.838. The van der Waals surface area contributed by atoms with Crippen LogP contribution in [0.2, 0.25) is 0 Å². The van der Waals surface area contributed by atoms with E-state index in [0.717, 1.165) is 33.4 Å². The van der Waals surface area contributed by atoms with Crippen molar-refractivity contribution in [3.63, 3.8) is 0 Å². The Morgan fingerprint density at radius 2 is 1.20 bits per heavy atom. The highest BCUT2D eigenvalue weighted by atomic mass is 16.4. The minimum absolute atomic E-state index is 0.838. The van der Waals surface area contributed by atoms with Crippen molar-refractivity contribution in [2.45, 2.75) is 0 Å². The summed E-state index contributed by atoms with van der Waals surface area (Å²) >= 11 is 0. The maximum absolute atomic E-state index is 6.28. The summed E-state index contributed by atoms with van der Waals surface area (Å²) in [7, 11) is 0. The second kappa shape index (κ2) is 6.87. The molecule has 3 aromatic heterocycles. The van der Waals surface area contributed by atoms with Gasteiger partial charge in [-0.1, -0.05) is 66.7 Å². The molecule has 0 saturated heterocycles. The summed E-state index contributed by atoms with van der Waals surface area (Å²) in [6.45, 7) is 0. The molecule has 8 rings (SSSR count). The highest BCUT2D eigenvalue weighted by Gasteiger charge is 2.16. The van der Waals surface area contributed by atoms with Gasteiger partial charge in [-0.2, -0.15) is 0 Å².